The van der Waals surface area contributed by atoms with Gasteiger partial charge in [0.1, 0.15) is 12.3 Å². The Morgan fingerprint density at radius 1 is 1.14 bits per heavy atom. The molecule has 0 aliphatic carbocycles. The van der Waals surface area contributed by atoms with Gasteiger partial charge in [0.2, 0.25) is 0 Å². The van der Waals surface area contributed by atoms with Crippen molar-refractivity contribution in [3.63, 3.8) is 0 Å². The quantitative estimate of drug-likeness (QED) is 0.391. The monoisotopic (exact) mass is 500 g/mol. The Labute approximate surface area is 206 Å². The van der Waals surface area contributed by atoms with Gasteiger partial charge in [-0.1, -0.05) is 25.1 Å². The lowest BCUT2D eigenvalue weighted by molar-refractivity contribution is -0.137. The lowest BCUT2D eigenvalue weighted by atomic mass is 9.89. The number of likely N-dealkylation sites (N-methyl/N-ethyl adjacent to an activating group) is 1. The number of benzene rings is 2. The highest BCUT2D eigenvalue weighted by Gasteiger charge is 2.35. The molecule has 36 heavy (non-hydrogen) atoms. The molecule has 2 unspecified atom stereocenters. The van der Waals surface area contributed by atoms with Gasteiger partial charge in [-0.25, -0.2) is 4.79 Å². The number of fused-ring (bicyclic) bond motifs is 1. The van der Waals surface area contributed by atoms with Gasteiger partial charge >= 0.3 is 12.2 Å². The van der Waals surface area contributed by atoms with Gasteiger partial charge in [0.15, 0.2) is 0 Å². The number of urea groups is 1. The average molecular weight is 501 g/mol. The third kappa shape index (κ3) is 4.93. The number of amides is 2. The van der Waals surface area contributed by atoms with E-state index < -0.39 is 30.0 Å². The zero-order chi connectivity index (χ0) is 26.2. The van der Waals surface area contributed by atoms with Crippen molar-refractivity contribution >= 4 is 23.0 Å². The first kappa shape index (κ1) is 25.3. The van der Waals surface area contributed by atoms with E-state index in [0.717, 1.165) is 40.2 Å². The third-order valence-corrected chi connectivity index (χ3v) is 6.04. The fourth-order valence-electron chi connectivity index (χ4n) is 4.44. The van der Waals surface area contributed by atoms with Crippen LogP contribution in [-0.2, 0) is 19.6 Å². The summed E-state index contributed by atoms with van der Waals surface area (Å²) in [6, 6.07) is 10.4. The Hall–Kier alpha value is -3.83. The number of alkyl halides is 3. The standard InChI is InChI=1S/C25H27F3N6O2/c1-4-19-20-18(13-33(2)22(23(29)35)21(20)34(3)32-19)14-8-10-16(11-9-14)30-24(36)31-17-7-5-6-15(12-17)25(26,27)28/h5-13,22-23,35H,4,29H2,1-3H3,(H2,30,31,36). The number of aliphatic hydroxyl groups excluding tert-OH is 1. The second-order valence-corrected chi connectivity index (χ2v) is 8.56. The number of nitrogens with one attached hydrogen (secondary N) is 2. The van der Waals surface area contributed by atoms with E-state index in [1.54, 1.807) is 16.8 Å². The van der Waals surface area contributed by atoms with Gasteiger partial charge in [0, 0.05) is 42.8 Å². The van der Waals surface area contributed by atoms with Gasteiger partial charge in [-0.3, -0.25) is 4.68 Å². The van der Waals surface area contributed by atoms with Gasteiger partial charge in [-0.15, -0.1) is 0 Å². The van der Waals surface area contributed by atoms with Gasteiger partial charge in [-0.2, -0.15) is 18.3 Å². The van der Waals surface area contributed by atoms with E-state index in [0.29, 0.717) is 12.1 Å². The van der Waals surface area contributed by atoms with E-state index in [-0.39, 0.29) is 5.69 Å². The van der Waals surface area contributed by atoms with Gasteiger partial charge < -0.3 is 26.4 Å². The molecule has 2 aromatic carbocycles. The van der Waals surface area contributed by atoms with E-state index in [4.69, 9.17) is 5.73 Å². The van der Waals surface area contributed by atoms with Gasteiger partial charge in [-0.05, 0) is 42.3 Å². The predicted molar refractivity (Wildman–Crippen MR) is 131 cm³/mol. The Morgan fingerprint density at radius 2 is 1.81 bits per heavy atom. The average Bonchev–Trinajstić information content (AvgIpc) is 3.14. The summed E-state index contributed by atoms with van der Waals surface area (Å²) in [5, 5.41) is 19.9. The Morgan fingerprint density at radius 3 is 2.42 bits per heavy atom. The maximum Gasteiger partial charge on any atom is 0.416 e. The van der Waals surface area contributed by atoms with Crippen LogP contribution >= 0.6 is 0 Å². The topological polar surface area (TPSA) is 108 Å². The highest BCUT2D eigenvalue weighted by atomic mass is 19.4. The number of rotatable bonds is 5. The van der Waals surface area contributed by atoms with Crippen molar-refractivity contribution in [1.29, 1.82) is 0 Å². The van der Waals surface area contributed by atoms with Crippen molar-refractivity contribution in [3.8, 4) is 0 Å². The SMILES string of the molecule is CCc1nn(C)c2c1C(c1ccc(NC(=O)Nc3cccc(C(F)(F)F)c3)cc1)=CN(C)C2C(N)O. The van der Waals surface area contributed by atoms with Gasteiger partial charge in [0.25, 0.3) is 0 Å². The first-order chi connectivity index (χ1) is 17.0. The number of halogens is 3. The molecule has 5 N–H and O–H groups in total. The zero-order valence-corrected chi connectivity index (χ0v) is 20.0. The summed E-state index contributed by atoms with van der Waals surface area (Å²) < 4.78 is 40.5. The minimum atomic E-state index is -4.50. The molecule has 1 aliphatic heterocycles. The van der Waals surface area contributed by atoms with Crippen LogP contribution < -0.4 is 16.4 Å². The lowest BCUT2D eigenvalue weighted by Crippen LogP contribution is -2.40. The number of aromatic nitrogens is 2. The Balaban J connectivity index is 1.55. The van der Waals surface area contributed by atoms with Crippen LogP contribution in [-0.4, -0.2) is 39.1 Å². The van der Waals surface area contributed by atoms with Crippen LogP contribution in [0.5, 0.6) is 0 Å². The Kier molecular flexibility index (Phi) is 6.79. The van der Waals surface area contributed by atoms with Gasteiger partial charge in [0.05, 0.1) is 17.0 Å². The van der Waals surface area contributed by atoms with Crippen molar-refractivity contribution in [2.75, 3.05) is 17.7 Å². The van der Waals surface area contributed by atoms with E-state index in [1.165, 1.54) is 12.1 Å². The van der Waals surface area contributed by atoms with E-state index in [1.807, 2.05) is 44.3 Å². The Bertz CT molecular complexity index is 1300. The van der Waals surface area contributed by atoms with Crippen LogP contribution in [0.15, 0.2) is 54.7 Å². The maximum atomic E-state index is 12.9. The van der Waals surface area contributed by atoms with Crippen molar-refractivity contribution in [2.45, 2.75) is 31.8 Å². The molecular formula is C25H27F3N6O2. The molecule has 0 saturated heterocycles. The van der Waals surface area contributed by atoms with Crippen LogP contribution in [0.3, 0.4) is 0 Å². The molecule has 8 nitrogen and oxygen atoms in total. The summed E-state index contributed by atoms with van der Waals surface area (Å²) in [5.41, 5.74) is 9.87. The number of aliphatic hydroxyl groups is 1. The van der Waals surface area contributed by atoms with Crippen molar-refractivity contribution in [2.24, 2.45) is 12.8 Å². The summed E-state index contributed by atoms with van der Waals surface area (Å²) in [6.07, 6.45) is -3.01. The molecule has 11 heteroatoms. The number of hydrogen-bond donors (Lipinski definition) is 4. The van der Waals surface area contributed by atoms with E-state index in [2.05, 4.69) is 15.7 Å². The number of hydrogen-bond acceptors (Lipinski definition) is 5. The number of anilines is 2. The van der Waals surface area contributed by atoms with E-state index >= 15 is 0 Å². The number of nitrogens with zero attached hydrogens (tertiary/aromatic N) is 3. The number of carbonyl (C=O) groups is 1. The molecule has 0 spiro atoms. The summed E-state index contributed by atoms with van der Waals surface area (Å²) >= 11 is 0. The highest BCUT2D eigenvalue weighted by Crippen LogP contribution is 2.40. The van der Waals surface area contributed by atoms with Crippen LogP contribution in [0.25, 0.3) is 5.57 Å². The molecule has 2 atom stereocenters. The minimum Gasteiger partial charge on any atom is -0.376 e. The lowest BCUT2D eigenvalue weighted by Gasteiger charge is -2.35. The smallest absolute Gasteiger partial charge is 0.376 e. The number of carbonyl (C=O) groups excluding carboxylic acids is 1. The summed E-state index contributed by atoms with van der Waals surface area (Å²) in [4.78, 5) is 14.2. The molecule has 1 aliphatic rings. The molecule has 1 aromatic heterocycles. The van der Waals surface area contributed by atoms with Crippen molar-refractivity contribution in [1.82, 2.24) is 14.7 Å². The molecule has 0 bridgehead atoms. The first-order valence-electron chi connectivity index (χ1n) is 11.3. The third-order valence-electron chi connectivity index (χ3n) is 6.04. The molecular weight excluding hydrogens is 473 g/mol. The summed E-state index contributed by atoms with van der Waals surface area (Å²) in [5.74, 6) is 0. The molecule has 0 saturated carbocycles. The molecule has 2 amide bonds. The maximum absolute atomic E-state index is 12.9. The van der Waals surface area contributed by atoms with Crippen molar-refractivity contribution < 1.29 is 23.1 Å². The molecule has 2 heterocycles. The number of aryl methyl sites for hydroxylation is 2. The molecule has 0 radical (unpaired) electrons. The van der Waals surface area contributed by atoms with Crippen LogP contribution in [0.2, 0.25) is 0 Å². The molecule has 0 fully saturated rings. The summed E-state index contributed by atoms with van der Waals surface area (Å²) in [7, 11) is 3.65. The summed E-state index contributed by atoms with van der Waals surface area (Å²) in [6.45, 7) is 2.00. The fourth-order valence-corrected chi connectivity index (χ4v) is 4.44. The normalized spacial score (nSPS) is 16.3. The van der Waals surface area contributed by atoms with Crippen LogP contribution in [0, 0.1) is 0 Å². The molecule has 3 aromatic rings. The minimum absolute atomic E-state index is 0.0298. The van der Waals surface area contributed by atoms with E-state index in [9.17, 15) is 23.1 Å². The number of nitrogens with two attached hydrogens (primary N) is 1. The first-order valence-corrected chi connectivity index (χ1v) is 11.3. The zero-order valence-electron chi connectivity index (χ0n) is 20.0. The van der Waals surface area contributed by atoms with Crippen LogP contribution in [0.4, 0.5) is 29.3 Å². The highest BCUT2D eigenvalue weighted by molar-refractivity contribution is 6.00. The molecule has 190 valence electrons. The van der Waals surface area contributed by atoms with Crippen LogP contribution in [0.1, 0.15) is 41.0 Å². The van der Waals surface area contributed by atoms with Crippen molar-refractivity contribution in [3.05, 3.63) is 82.8 Å². The molecule has 4 rings (SSSR count). The largest absolute Gasteiger partial charge is 0.416 e. The fraction of sp³-hybridized carbons (Fsp3) is 0.280. The predicted octanol–water partition coefficient (Wildman–Crippen LogP) is 4.30. The second-order valence-electron chi connectivity index (χ2n) is 8.56. The second kappa shape index (κ2) is 9.67.